The lowest BCUT2D eigenvalue weighted by Gasteiger charge is -2.19. The fourth-order valence-electron chi connectivity index (χ4n) is 3.12. The normalized spacial score (nSPS) is 10.9. The number of thiazole rings is 1. The van der Waals surface area contributed by atoms with Crippen LogP contribution in [0, 0.1) is 24.0 Å². The number of benzene rings is 2. The molecule has 30 heavy (non-hydrogen) atoms. The average Bonchev–Trinajstić information content (AvgIpc) is 3.21. The number of nitro benzene ring substituents is 1. The van der Waals surface area contributed by atoms with Crippen molar-refractivity contribution in [1.29, 1.82) is 0 Å². The van der Waals surface area contributed by atoms with Crippen LogP contribution < -0.4 is 4.90 Å². The molecule has 0 radical (unpaired) electrons. The van der Waals surface area contributed by atoms with Crippen LogP contribution in [0.15, 0.2) is 60.8 Å². The highest BCUT2D eigenvalue weighted by molar-refractivity contribution is 7.22. The molecule has 0 N–H and O–H groups in total. The number of anilines is 1. The maximum absolute atomic E-state index is 13.4. The summed E-state index contributed by atoms with van der Waals surface area (Å²) in [4.78, 5) is 34.5. The van der Waals surface area contributed by atoms with Crippen LogP contribution in [0.1, 0.15) is 27.2 Å². The second-order valence-corrected chi connectivity index (χ2v) is 7.87. The van der Waals surface area contributed by atoms with E-state index in [1.807, 2.05) is 44.2 Å². The van der Waals surface area contributed by atoms with Crippen LogP contribution in [-0.2, 0) is 6.54 Å². The zero-order valence-electron chi connectivity index (χ0n) is 16.4. The van der Waals surface area contributed by atoms with Crippen molar-refractivity contribution >= 4 is 38.3 Å². The number of hydrogen-bond acceptors (Lipinski definition) is 6. The molecule has 150 valence electrons. The van der Waals surface area contributed by atoms with Gasteiger partial charge in [0.1, 0.15) is 0 Å². The number of hydrogen-bond donors (Lipinski definition) is 0. The number of nitrogens with zero attached hydrogens (tertiary/aromatic N) is 4. The minimum absolute atomic E-state index is 0.0611. The fraction of sp³-hybridized carbons (Fsp3) is 0.136. The van der Waals surface area contributed by atoms with E-state index in [0.717, 1.165) is 27.0 Å². The molecular formula is C22H18N4O3S. The van der Waals surface area contributed by atoms with E-state index in [1.54, 1.807) is 11.1 Å². The van der Waals surface area contributed by atoms with Gasteiger partial charge in [-0.2, -0.15) is 0 Å². The van der Waals surface area contributed by atoms with Crippen LogP contribution in [0.25, 0.3) is 10.2 Å². The summed E-state index contributed by atoms with van der Waals surface area (Å²) in [6.07, 6.45) is 1.68. The van der Waals surface area contributed by atoms with E-state index in [2.05, 4.69) is 4.98 Å². The second kappa shape index (κ2) is 8.00. The number of carbonyl (C=O) groups excluding carboxylic acids is 1. The van der Waals surface area contributed by atoms with Crippen molar-refractivity contribution in [3.8, 4) is 0 Å². The van der Waals surface area contributed by atoms with Crippen molar-refractivity contribution in [2.24, 2.45) is 0 Å². The summed E-state index contributed by atoms with van der Waals surface area (Å²) < 4.78 is 1.03. The van der Waals surface area contributed by atoms with E-state index < -0.39 is 4.92 Å². The van der Waals surface area contributed by atoms with E-state index in [-0.39, 0.29) is 18.1 Å². The van der Waals surface area contributed by atoms with Gasteiger partial charge in [-0.1, -0.05) is 29.5 Å². The predicted octanol–water partition coefficient (Wildman–Crippen LogP) is 5.06. The van der Waals surface area contributed by atoms with Gasteiger partial charge in [0, 0.05) is 23.9 Å². The van der Waals surface area contributed by atoms with Gasteiger partial charge in [-0.3, -0.25) is 24.8 Å². The lowest BCUT2D eigenvalue weighted by molar-refractivity contribution is -0.384. The monoisotopic (exact) mass is 418 g/mol. The quantitative estimate of drug-likeness (QED) is 0.334. The van der Waals surface area contributed by atoms with Gasteiger partial charge in [0.25, 0.3) is 11.6 Å². The molecule has 0 aliphatic heterocycles. The first kappa shape index (κ1) is 19.7. The number of aryl methyl sites for hydroxylation is 2. The largest absolute Gasteiger partial charge is 0.278 e. The lowest BCUT2D eigenvalue weighted by Crippen LogP contribution is -2.30. The Bertz CT molecular complexity index is 1200. The molecule has 4 rings (SSSR count). The van der Waals surface area contributed by atoms with Crippen molar-refractivity contribution in [2.45, 2.75) is 20.4 Å². The molecule has 0 saturated heterocycles. The van der Waals surface area contributed by atoms with E-state index in [4.69, 9.17) is 4.98 Å². The van der Waals surface area contributed by atoms with Gasteiger partial charge >= 0.3 is 0 Å². The number of fused-ring (bicyclic) bond motifs is 1. The number of carbonyl (C=O) groups is 1. The third-order valence-corrected chi connectivity index (χ3v) is 5.99. The van der Waals surface area contributed by atoms with Crippen molar-refractivity contribution in [3.63, 3.8) is 0 Å². The number of pyridine rings is 1. The summed E-state index contributed by atoms with van der Waals surface area (Å²) >= 11 is 1.45. The Morgan fingerprint density at radius 3 is 2.43 bits per heavy atom. The van der Waals surface area contributed by atoms with Crippen molar-refractivity contribution in [2.75, 3.05) is 4.90 Å². The zero-order chi connectivity index (χ0) is 21.3. The van der Waals surface area contributed by atoms with E-state index in [1.165, 1.54) is 35.6 Å². The zero-order valence-corrected chi connectivity index (χ0v) is 17.2. The van der Waals surface area contributed by atoms with Gasteiger partial charge in [0.2, 0.25) is 0 Å². The number of non-ortho nitro benzene ring substituents is 1. The van der Waals surface area contributed by atoms with Crippen molar-refractivity contribution in [3.05, 3.63) is 93.3 Å². The van der Waals surface area contributed by atoms with Crippen molar-refractivity contribution < 1.29 is 9.72 Å². The molecule has 0 atom stereocenters. The lowest BCUT2D eigenvalue weighted by atomic mass is 10.1. The molecule has 0 aliphatic carbocycles. The standard InChI is InChI=1S/C22H18N4O3S/c1-14-6-7-15(2)20-19(14)24-22(30-20)25(13-17-5-3-4-12-23-17)21(27)16-8-10-18(11-9-16)26(28)29/h3-12H,13H2,1-2H3. The third-order valence-electron chi connectivity index (χ3n) is 4.78. The Labute approximate surface area is 176 Å². The van der Waals surface area contributed by atoms with Crippen LogP contribution >= 0.6 is 11.3 Å². The Kier molecular flexibility index (Phi) is 5.24. The molecule has 1 amide bonds. The molecule has 0 bridgehead atoms. The minimum Gasteiger partial charge on any atom is -0.278 e. The summed E-state index contributed by atoms with van der Waals surface area (Å²) in [5.41, 5.74) is 4.02. The summed E-state index contributed by atoms with van der Waals surface area (Å²) in [7, 11) is 0. The predicted molar refractivity (Wildman–Crippen MR) is 117 cm³/mol. The van der Waals surface area contributed by atoms with Gasteiger partial charge in [0.05, 0.1) is 27.4 Å². The summed E-state index contributed by atoms with van der Waals surface area (Å²) in [5, 5.41) is 11.5. The number of rotatable bonds is 5. The molecule has 2 aromatic carbocycles. The van der Waals surface area contributed by atoms with Gasteiger partial charge in [-0.25, -0.2) is 4.98 Å². The molecule has 0 spiro atoms. The Morgan fingerprint density at radius 2 is 1.80 bits per heavy atom. The second-order valence-electron chi connectivity index (χ2n) is 6.89. The van der Waals surface area contributed by atoms with Crippen LogP contribution in [0.4, 0.5) is 10.8 Å². The molecule has 2 heterocycles. The van der Waals surface area contributed by atoms with Crippen LogP contribution in [0.5, 0.6) is 0 Å². The summed E-state index contributed by atoms with van der Waals surface area (Å²) in [6.45, 7) is 4.26. The molecule has 0 unspecified atom stereocenters. The van der Waals surface area contributed by atoms with E-state index >= 15 is 0 Å². The molecule has 8 heteroatoms. The van der Waals surface area contributed by atoms with E-state index in [0.29, 0.717) is 10.7 Å². The molecule has 0 aliphatic rings. The minimum atomic E-state index is -0.487. The first-order chi connectivity index (χ1) is 14.4. The molecule has 7 nitrogen and oxygen atoms in total. The van der Waals surface area contributed by atoms with E-state index in [9.17, 15) is 14.9 Å². The summed E-state index contributed by atoms with van der Waals surface area (Å²) in [6, 6.07) is 15.2. The Hall–Kier alpha value is -3.65. The smallest absolute Gasteiger partial charge is 0.269 e. The number of amides is 1. The van der Waals surface area contributed by atoms with Crippen LogP contribution in [0.3, 0.4) is 0 Å². The topological polar surface area (TPSA) is 89.2 Å². The summed E-state index contributed by atoms with van der Waals surface area (Å²) in [5.74, 6) is -0.287. The van der Waals surface area contributed by atoms with Gasteiger partial charge < -0.3 is 0 Å². The van der Waals surface area contributed by atoms with Gasteiger partial charge in [-0.15, -0.1) is 0 Å². The Morgan fingerprint density at radius 1 is 1.07 bits per heavy atom. The highest BCUT2D eigenvalue weighted by Crippen LogP contribution is 2.34. The number of nitro groups is 1. The maximum Gasteiger partial charge on any atom is 0.269 e. The van der Waals surface area contributed by atoms with Gasteiger partial charge in [0.15, 0.2) is 5.13 Å². The highest BCUT2D eigenvalue weighted by atomic mass is 32.1. The maximum atomic E-state index is 13.4. The SMILES string of the molecule is Cc1ccc(C)c2sc(N(Cc3ccccn3)C(=O)c3ccc([N+](=O)[O-])cc3)nc12. The average molecular weight is 418 g/mol. The van der Waals surface area contributed by atoms with Crippen molar-refractivity contribution in [1.82, 2.24) is 9.97 Å². The fourth-order valence-corrected chi connectivity index (χ4v) is 4.23. The third kappa shape index (κ3) is 3.77. The molecule has 0 saturated carbocycles. The van der Waals surface area contributed by atoms with Crippen LogP contribution in [-0.4, -0.2) is 20.8 Å². The van der Waals surface area contributed by atoms with Gasteiger partial charge in [-0.05, 0) is 49.2 Å². The molecular weight excluding hydrogens is 400 g/mol. The molecule has 2 aromatic heterocycles. The first-order valence-electron chi connectivity index (χ1n) is 9.27. The number of aromatic nitrogens is 2. The van der Waals surface area contributed by atoms with Crippen LogP contribution in [0.2, 0.25) is 0 Å². The first-order valence-corrected chi connectivity index (χ1v) is 10.1. The molecule has 4 aromatic rings. The molecule has 0 fully saturated rings. The highest BCUT2D eigenvalue weighted by Gasteiger charge is 2.23. The Balaban J connectivity index is 1.78.